The van der Waals surface area contributed by atoms with E-state index in [0.717, 1.165) is 11.3 Å². The summed E-state index contributed by atoms with van der Waals surface area (Å²) < 4.78 is 4.52. The van der Waals surface area contributed by atoms with Crippen LogP contribution in [-0.2, 0) is 20.7 Å². The van der Waals surface area contributed by atoms with Gasteiger partial charge in [0, 0.05) is 36.5 Å². The highest BCUT2D eigenvalue weighted by atomic mass is 16.6. The number of nitrogens with zero attached hydrogens (tertiary/aromatic N) is 2. The van der Waals surface area contributed by atoms with Gasteiger partial charge in [0.25, 0.3) is 5.69 Å². The average Bonchev–Trinajstić information content (AvgIpc) is 2.72. The molecule has 1 heterocycles. The number of rotatable bonds is 6. The van der Waals surface area contributed by atoms with Crippen LogP contribution in [0.4, 0.5) is 22.7 Å². The van der Waals surface area contributed by atoms with Gasteiger partial charge in [0.05, 0.1) is 12.0 Å². The molecular weight excluding hydrogens is 374 g/mol. The number of anilines is 3. The summed E-state index contributed by atoms with van der Waals surface area (Å²) in [6.45, 7) is 2.53. The van der Waals surface area contributed by atoms with Crippen LogP contribution in [0.3, 0.4) is 0 Å². The lowest BCUT2D eigenvalue weighted by Crippen LogP contribution is -2.34. The molecule has 0 spiro atoms. The van der Waals surface area contributed by atoms with Gasteiger partial charge in [0.2, 0.25) is 5.91 Å². The smallest absolute Gasteiger partial charge is 0.330 e. The van der Waals surface area contributed by atoms with Gasteiger partial charge in [-0.3, -0.25) is 14.9 Å². The zero-order valence-electron chi connectivity index (χ0n) is 16.2. The van der Waals surface area contributed by atoms with Crippen molar-refractivity contribution in [1.29, 1.82) is 0 Å². The second-order valence-electron chi connectivity index (χ2n) is 6.50. The summed E-state index contributed by atoms with van der Waals surface area (Å²) in [5, 5.41) is 14.6. The third-order valence-electron chi connectivity index (χ3n) is 4.71. The highest BCUT2D eigenvalue weighted by molar-refractivity contribution is 5.96. The van der Waals surface area contributed by atoms with Gasteiger partial charge in [-0.05, 0) is 54.8 Å². The summed E-state index contributed by atoms with van der Waals surface area (Å²) in [5.74, 6) is -0.435. The van der Waals surface area contributed by atoms with Crippen LogP contribution in [0.5, 0.6) is 0 Å². The number of aryl methyl sites for hydroxylation is 1. The summed E-state index contributed by atoms with van der Waals surface area (Å²) >= 11 is 0. The monoisotopic (exact) mass is 395 g/mol. The number of ether oxygens (including phenoxy) is 1. The molecule has 1 amide bonds. The number of fused-ring (bicyclic) bond motifs is 1. The third-order valence-corrected chi connectivity index (χ3v) is 4.71. The minimum atomic E-state index is -0.538. The van der Waals surface area contributed by atoms with E-state index in [4.69, 9.17) is 0 Å². The molecule has 29 heavy (non-hydrogen) atoms. The van der Waals surface area contributed by atoms with Crippen LogP contribution in [-0.4, -0.2) is 30.5 Å². The largest absolute Gasteiger partial charge is 0.466 e. The van der Waals surface area contributed by atoms with Crippen LogP contribution in [0.25, 0.3) is 6.08 Å². The summed E-state index contributed by atoms with van der Waals surface area (Å²) in [7, 11) is 1.26. The summed E-state index contributed by atoms with van der Waals surface area (Å²) in [4.78, 5) is 36.0. The Labute approximate surface area is 167 Å². The van der Waals surface area contributed by atoms with Gasteiger partial charge in [0.15, 0.2) is 0 Å². The summed E-state index contributed by atoms with van der Waals surface area (Å²) in [6, 6.07) is 10.2. The lowest BCUT2D eigenvalue weighted by molar-refractivity contribution is -0.383. The van der Waals surface area contributed by atoms with E-state index in [0.29, 0.717) is 36.3 Å². The van der Waals surface area contributed by atoms with E-state index in [9.17, 15) is 19.7 Å². The highest BCUT2D eigenvalue weighted by Crippen LogP contribution is 2.33. The van der Waals surface area contributed by atoms with Gasteiger partial charge in [-0.1, -0.05) is 6.07 Å². The van der Waals surface area contributed by atoms with Gasteiger partial charge < -0.3 is 15.0 Å². The number of amides is 1. The third kappa shape index (κ3) is 4.43. The Hall–Kier alpha value is -3.68. The molecule has 0 atom stereocenters. The van der Waals surface area contributed by atoms with E-state index in [-0.39, 0.29) is 11.6 Å². The number of nitro benzene ring substituents is 1. The number of methoxy groups -OCH3 is 1. The Morgan fingerprint density at radius 2 is 2.07 bits per heavy atom. The molecule has 1 aliphatic rings. The molecule has 0 aromatic heterocycles. The first kappa shape index (κ1) is 20.1. The molecule has 0 saturated carbocycles. The standard InChI is InChI=1S/C21H21N3O5/c1-3-23-18-9-7-16(13-15(18)6-10-20(23)25)22-17-8-4-14(5-11-21(26)29-2)12-19(17)24(27)28/h4-5,7-9,11-13,22H,3,6,10H2,1-2H3/b11-5+. The maximum Gasteiger partial charge on any atom is 0.330 e. The number of esters is 1. The van der Waals surface area contributed by atoms with Crippen molar-refractivity contribution >= 4 is 40.7 Å². The van der Waals surface area contributed by atoms with Crippen molar-refractivity contribution in [3.63, 3.8) is 0 Å². The normalized spacial score (nSPS) is 13.3. The lowest BCUT2D eigenvalue weighted by atomic mass is 10.0. The number of nitrogens with one attached hydrogen (secondary N) is 1. The quantitative estimate of drug-likeness (QED) is 0.345. The Bertz CT molecular complexity index is 1000. The van der Waals surface area contributed by atoms with Crippen LogP contribution in [0.2, 0.25) is 0 Å². The molecule has 1 N–H and O–H groups in total. The van der Waals surface area contributed by atoms with Crippen LogP contribution in [0.15, 0.2) is 42.5 Å². The molecule has 2 aromatic carbocycles. The zero-order valence-corrected chi connectivity index (χ0v) is 16.2. The Morgan fingerprint density at radius 3 is 2.76 bits per heavy atom. The first-order valence-electron chi connectivity index (χ1n) is 9.17. The molecule has 8 nitrogen and oxygen atoms in total. The van der Waals surface area contributed by atoms with E-state index in [1.807, 2.05) is 19.1 Å². The van der Waals surface area contributed by atoms with Crippen molar-refractivity contribution in [1.82, 2.24) is 0 Å². The Morgan fingerprint density at radius 1 is 1.28 bits per heavy atom. The number of carbonyl (C=O) groups excluding carboxylic acids is 2. The van der Waals surface area contributed by atoms with Crippen molar-refractivity contribution in [3.8, 4) is 0 Å². The van der Waals surface area contributed by atoms with Crippen LogP contribution >= 0.6 is 0 Å². The first-order valence-corrected chi connectivity index (χ1v) is 9.17. The maximum atomic E-state index is 12.0. The fourth-order valence-electron chi connectivity index (χ4n) is 3.28. The van der Waals surface area contributed by atoms with Gasteiger partial charge in [-0.25, -0.2) is 4.79 Å². The van der Waals surface area contributed by atoms with Crippen molar-refractivity contribution in [2.24, 2.45) is 0 Å². The molecule has 0 unspecified atom stereocenters. The summed E-state index contributed by atoms with van der Waals surface area (Å²) in [5.41, 5.74) is 3.35. The fourth-order valence-corrected chi connectivity index (χ4v) is 3.28. The van der Waals surface area contributed by atoms with E-state index >= 15 is 0 Å². The van der Waals surface area contributed by atoms with E-state index in [2.05, 4.69) is 10.1 Å². The van der Waals surface area contributed by atoms with Crippen LogP contribution in [0, 0.1) is 10.1 Å². The van der Waals surface area contributed by atoms with Crippen molar-refractivity contribution in [3.05, 3.63) is 63.7 Å². The molecular formula is C21H21N3O5. The van der Waals surface area contributed by atoms with Crippen molar-refractivity contribution in [2.45, 2.75) is 19.8 Å². The minimum absolute atomic E-state index is 0.104. The molecule has 150 valence electrons. The number of nitro groups is 1. The summed E-state index contributed by atoms with van der Waals surface area (Å²) in [6.07, 6.45) is 3.75. The van der Waals surface area contributed by atoms with Gasteiger partial charge in [-0.15, -0.1) is 0 Å². The van der Waals surface area contributed by atoms with E-state index in [1.165, 1.54) is 25.3 Å². The number of carbonyl (C=O) groups is 2. The maximum absolute atomic E-state index is 12.0. The molecule has 0 radical (unpaired) electrons. The second-order valence-corrected chi connectivity index (χ2v) is 6.50. The topological polar surface area (TPSA) is 102 Å². The molecule has 2 aromatic rings. The van der Waals surface area contributed by atoms with Crippen molar-refractivity contribution < 1.29 is 19.2 Å². The molecule has 0 aliphatic carbocycles. The number of hydrogen-bond acceptors (Lipinski definition) is 6. The molecule has 0 bridgehead atoms. The van der Waals surface area contributed by atoms with E-state index in [1.54, 1.807) is 23.1 Å². The number of benzene rings is 2. The van der Waals surface area contributed by atoms with Gasteiger partial charge >= 0.3 is 5.97 Å². The van der Waals surface area contributed by atoms with Gasteiger partial charge in [0.1, 0.15) is 5.69 Å². The first-order chi connectivity index (χ1) is 13.9. The molecule has 1 aliphatic heterocycles. The van der Waals surface area contributed by atoms with Crippen LogP contribution < -0.4 is 10.2 Å². The average molecular weight is 395 g/mol. The fraction of sp³-hybridized carbons (Fsp3) is 0.238. The molecule has 3 rings (SSSR count). The Kier molecular flexibility index (Phi) is 5.92. The molecule has 0 fully saturated rings. The zero-order chi connectivity index (χ0) is 21.0. The highest BCUT2D eigenvalue weighted by Gasteiger charge is 2.23. The SMILES string of the molecule is CCN1C(=O)CCc2cc(Nc3ccc(/C=C/C(=O)OC)cc3[N+](=O)[O-])ccc21. The molecule has 8 heteroatoms. The molecule has 0 saturated heterocycles. The number of hydrogen-bond donors (Lipinski definition) is 1. The van der Waals surface area contributed by atoms with Crippen LogP contribution in [0.1, 0.15) is 24.5 Å². The minimum Gasteiger partial charge on any atom is -0.466 e. The second kappa shape index (κ2) is 8.55. The lowest BCUT2D eigenvalue weighted by Gasteiger charge is -2.28. The van der Waals surface area contributed by atoms with E-state index < -0.39 is 10.9 Å². The predicted octanol–water partition coefficient (Wildman–Crippen LogP) is 3.82. The van der Waals surface area contributed by atoms with Crippen molar-refractivity contribution in [2.75, 3.05) is 23.9 Å². The Balaban J connectivity index is 1.88. The van der Waals surface area contributed by atoms with Gasteiger partial charge in [-0.2, -0.15) is 0 Å². The predicted molar refractivity (Wildman–Crippen MR) is 110 cm³/mol.